The van der Waals surface area contributed by atoms with Crippen molar-refractivity contribution in [3.8, 4) is 6.07 Å². The largest absolute Gasteiger partial charge is 0.446 e. The molecule has 0 bridgehead atoms. The van der Waals surface area contributed by atoms with Crippen molar-refractivity contribution in [1.82, 2.24) is 9.99 Å². The fourth-order valence-electron chi connectivity index (χ4n) is 3.66. The molecule has 1 amide bonds. The fourth-order valence-corrected chi connectivity index (χ4v) is 5.29. The molecule has 184 valence electrons. The summed E-state index contributed by atoms with van der Waals surface area (Å²) in [4.78, 5) is 12.0. The number of carbonyl (C=O) groups is 1. The maximum Gasteiger partial charge on any atom is 0.407 e. The second kappa shape index (κ2) is 18.3. The number of allylic oxidation sites excluding steroid dienone is 2. The Balaban J connectivity index is 2.17. The Hall–Kier alpha value is -1.19. The highest BCUT2D eigenvalue weighted by Crippen LogP contribution is 2.46. The van der Waals surface area contributed by atoms with E-state index >= 15 is 0 Å². The van der Waals surface area contributed by atoms with E-state index in [0.29, 0.717) is 38.3 Å². The molecule has 1 rings (SSSR count). The monoisotopic (exact) mass is 469 g/mol. The Morgan fingerprint density at radius 2 is 1.75 bits per heavy atom. The molecule has 0 saturated heterocycles. The molecule has 1 N–H and O–H groups in total. The highest BCUT2D eigenvalue weighted by molar-refractivity contribution is 7.44. The van der Waals surface area contributed by atoms with Crippen LogP contribution in [0, 0.1) is 11.3 Å². The lowest BCUT2D eigenvalue weighted by atomic mass is 10.0. The van der Waals surface area contributed by atoms with Crippen molar-refractivity contribution < 1.29 is 18.6 Å². The van der Waals surface area contributed by atoms with Gasteiger partial charge in [0, 0.05) is 18.6 Å². The molecular formula is C24H44N3O4P. The van der Waals surface area contributed by atoms with Crippen molar-refractivity contribution in [2.45, 2.75) is 110 Å². The molecule has 1 unspecified atom stereocenters. The van der Waals surface area contributed by atoms with E-state index in [4.69, 9.17) is 19.0 Å². The van der Waals surface area contributed by atoms with Crippen molar-refractivity contribution in [2.24, 2.45) is 0 Å². The predicted molar refractivity (Wildman–Crippen MR) is 130 cm³/mol. The Labute approximate surface area is 196 Å². The first-order valence-corrected chi connectivity index (χ1v) is 13.4. The van der Waals surface area contributed by atoms with Gasteiger partial charge in [-0.25, -0.2) is 9.46 Å². The molecule has 0 fully saturated rings. The summed E-state index contributed by atoms with van der Waals surface area (Å²) in [6.07, 6.45) is 13.5. The zero-order chi connectivity index (χ0) is 23.6. The number of hydrogen-bond acceptors (Lipinski definition) is 6. The number of rotatable bonds is 15. The first kappa shape index (κ1) is 28.8. The lowest BCUT2D eigenvalue weighted by Crippen LogP contribution is -2.33. The van der Waals surface area contributed by atoms with Crippen molar-refractivity contribution >= 4 is 14.6 Å². The van der Waals surface area contributed by atoms with Crippen molar-refractivity contribution in [3.63, 3.8) is 0 Å². The number of amides is 1. The molecule has 0 aliphatic heterocycles. The van der Waals surface area contributed by atoms with Gasteiger partial charge in [-0.15, -0.1) is 0 Å². The van der Waals surface area contributed by atoms with Gasteiger partial charge in [0.1, 0.15) is 6.10 Å². The summed E-state index contributed by atoms with van der Waals surface area (Å²) in [6, 6.07) is 2.75. The van der Waals surface area contributed by atoms with Gasteiger partial charge in [-0.1, -0.05) is 25.0 Å². The first-order valence-electron chi connectivity index (χ1n) is 12.3. The quantitative estimate of drug-likeness (QED) is 0.168. The van der Waals surface area contributed by atoms with E-state index in [0.717, 1.165) is 57.8 Å². The smallest absolute Gasteiger partial charge is 0.407 e. The minimum atomic E-state index is -1.16. The summed E-state index contributed by atoms with van der Waals surface area (Å²) >= 11 is 0. The van der Waals surface area contributed by atoms with Crippen LogP contribution in [0.15, 0.2) is 12.2 Å². The minimum Gasteiger partial charge on any atom is -0.446 e. The van der Waals surface area contributed by atoms with Crippen LogP contribution < -0.4 is 5.32 Å². The zero-order valence-electron chi connectivity index (χ0n) is 20.6. The molecule has 0 heterocycles. The molecular weight excluding hydrogens is 425 g/mol. The number of ether oxygens (including phenoxy) is 1. The molecule has 0 aromatic carbocycles. The van der Waals surface area contributed by atoms with Crippen LogP contribution in [0.5, 0.6) is 0 Å². The highest BCUT2D eigenvalue weighted by Gasteiger charge is 2.26. The molecule has 0 spiro atoms. The van der Waals surface area contributed by atoms with E-state index in [1.165, 1.54) is 0 Å². The average molecular weight is 470 g/mol. The second-order valence-corrected chi connectivity index (χ2v) is 10.2. The third-order valence-electron chi connectivity index (χ3n) is 5.20. The molecule has 0 aromatic heterocycles. The number of hydrogen-bond donors (Lipinski definition) is 1. The molecule has 2 atom stereocenters. The fraction of sp³-hybridized carbons (Fsp3) is 0.833. The Morgan fingerprint density at radius 1 is 1.06 bits per heavy atom. The van der Waals surface area contributed by atoms with Crippen LogP contribution in [0.25, 0.3) is 0 Å². The zero-order valence-corrected chi connectivity index (χ0v) is 21.4. The summed E-state index contributed by atoms with van der Waals surface area (Å²) in [5.41, 5.74) is 0. The van der Waals surface area contributed by atoms with Crippen LogP contribution in [0.3, 0.4) is 0 Å². The highest BCUT2D eigenvalue weighted by atomic mass is 31.2. The van der Waals surface area contributed by atoms with Gasteiger partial charge in [-0.2, -0.15) is 5.26 Å². The maximum absolute atomic E-state index is 12.0. The van der Waals surface area contributed by atoms with Crippen molar-refractivity contribution in [3.05, 3.63) is 12.2 Å². The summed E-state index contributed by atoms with van der Waals surface area (Å²) < 4.78 is 19.8. The number of nitriles is 1. The molecule has 0 saturated carbocycles. The van der Waals surface area contributed by atoms with Crippen LogP contribution in [0.4, 0.5) is 4.79 Å². The Kier molecular flexibility index (Phi) is 16.5. The van der Waals surface area contributed by atoms with Crippen LogP contribution in [0.2, 0.25) is 0 Å². The van der Waals surface area contributed by atoms with E-state index in [1.807, 2.05) is 0 Å². The van der Waals surface area contributed by atoms with Gasteiger partial charge >= 0.3 is 6.09 Å². The van der Waals surface area contributed by atoms with E-state index < -0.39 is 8.53 Å². The van der Waals surface area contributed by atoms with Crippen LogP contribution in [-0.4, -0.2) is 48.7 Å². The average Bonchev–Trinajstić information content (AvgIpc) is 2.71. The standard InChI is InChI=1S/C24H44N3O4P/c1-21(2)27(22(3)4)32(30-20-14-17-25)29-19-13-9-8-12-18-26-24(28)31-23-15-10-6-5-7-11-16-23/h5-6,21-23H,7-16,18-20H2,1-4H3,(H,26,28)/b6-5+/t23-,32?/m0/s1. The molecule has 1 aliphatic rings. The van der Waals surface area contributed by atoms with Gasteiger partial charge in [-0.3, -0.25) is 0 Å². The lowest BCUT2D eigenvalue weighted by Gasteiger charge is -2.35. The van der Waals surface area contributed by atoms with Crippen LogP contribution >= 0.6 is 8.53 Å². The predicted octanol–water partition coefficient (Wildman–Crippen LogP) is 6.45. The maximum atomic E-state index is 12.0. The van der Waals surface area contributed by atoms with E-state index in [2.05, 4.69) is 55.9 Å². The molecule has 0 radical (unpaired) electrons. The van der Waals surface area contributed by atoms with Crippen LogP contribution in [0.1, 0.15) is 91.9 Å². The summed E-state index contributed by atoms with van der Waals surface area (Å²) in [5.74, 6) is 0. The number of unbranched alkanes of at least 4 members (excludes halogenated alkanes) is 3. The normalized spacial score (nSPS) is 18.8. The van der Waals surface area contributed by atoms with Gasteiger partial charge in [0.05, 0.1) is 25.7 Å². The second-order valence-electron chi connectivity index (χ2n) is 8.73. The van der Waals surface area contributed by atoms with E-state index in [1.54, 1.807) is 0 Å². The van der Waals surface area contributed by atoms with E-state index in [9.17, 15) is 4.79 Å². The summed E-state index contributed by atoms with van der Waals surface area (Å²) in [6.45, 7) is 10.2. The van der Waals surface area contributed by atoms with E-state index in [-0.39, 0.29) is 12.2 Å². The third kappa shape index (κ3) is 13.4. The molecule has 32 heavy (non-hydrogen) atoms. The number of nitrogens with zero attached hydrogens (tertiary/aromatic N) is 2. The molecule has 0 aromatic rings. The molecule has 1 aliphatic carbocycles. The summed E-state index contributed by atoms with van der Waals surface area (Å²) in [5, 5.41) is 11.7. The number of nitrogens with one attached hydrogen (secondary N) is 1. The van der Waals surface area contributed by atoms with Crippen molar-refractivity contribution in [2.75, 3.05) is 19.8 Å². The Bertz CT molecular complexity index is 558. The van der Waals surface area contributed by atoms with Gasteiger partial charge in [-0.05, 0) is 72.6 Å². The number of alkyl carbamates (subject to hydrolysis) is 1. The van der Waals surface area contributed by atoms with Gasteiger partial charge in [0.2, 0.25) is 0 Å². The molecule has 7 nitrogen and oxygen atoms in total. The Morgan fingerprint density at radius 3 is 2.47 bits per heavy atom. The summed E-state index contributed by atoms with van der Waals surface area (Å²) in [7, 11) is -1.16. The van der Waals surface area contributed by atoms with Gasteiger partial charge in [0.15, 0.2) is 0 Å². The molecule has 8 heteroatoms. The van der Waals surface area contributed by atoms with Gasteiger partial charge in [0.25, 0.3) is 8.53 Å². The van der Waals surface area contributed by atoms with Gasteiger partial charge < -0.3 is 19.1 Å². The first-order chi connectivity index (χ1) is 15.5. The van der Waals surface area contributed by atoms with Crippen LogP contribution in [-0.2, 0) is 13.8 Å². The number of carbonyl (C=O) groups excluding carboxylic acids is 1. The lowest BCUT2D eigenvalue weighted by molar-refractivity contribution is 0.0863. The topological polar surface area (TPSA) is 83.8 Å². The SMILES string of the molecule is CC(C)N(C(C)C)P(OCCC#N)OCCCCCCNC(=O)O[C@H]1CC/C=C/CCC1. The van der Waals surface area contributed by atoms with Crippen molar-refractivity contribution in [1.29, 1.82) is 5.26 Å². The third-order valence-corrected chi connectivity index (χ3v) is 7.30. The minimum absolute atomic E-state index is 0.0404.